The van der Waals surface area contributed by atoms with Crippen LogP contribution in [0.2, 0.25) is 0 Å². The van der Waals surface area contributed by atoms with E-state index in [0.29, 0.717) is 41.5 Å². The van der Waals surface area contributed by atoms with E-state index >= 15 is 0 Å². The number of amides is 1. The fourth-order valence-electron chi connectivity index (χ4n) is 4.57. The number of unbranched alkanes of at least 4 members (excludes halogenated alkanes) is 2. The number of nitrogens with zero attached hydrogens (tertiary/aromatic N) is 2. The second kappa shape index (κ2) is 14.0. The molecule has 9 nitrogen and oxygen atoms in total. The van der Waals surface area contributed by atoms with Crippen molar-refractivity contribution in [1.82, 2.24) is 4.98 Å². The minimum Gasteiger partial charge on any atom is -0.507 e. The summed E-state index contributed by atoms with van der Waals surface area (Å²) in [6, 6.07) is 12.7. The Morgan fingerprint density at radius 2 is 1.86 bits per heavy atom. The number of benzene rings is 2. The fraction of sp³-hybridized carbons (Fsp3) is 0.312. The number of ketones is 1. The van der Waals surface area contributed by atoms with Crippen molar-refractivity contribution >= 4 is 39.9 Å². The average molecular weight is 591 g/mol. The van der Waals surface area contributed by atoms with Gasteiger partial charge in [0.05, 0.1) is 30.5 Å². The zero-order chi connectivity index (χ0) is 30.2. The first-order valence-electron chi connectivity index (χ1n) is 13.8. The molecule has 4 rings (SSSR count). The summed E-state index contributed by atoms with van der Waals surface area (Å²) >= 11 is 0.941. The molecule has 0 spiro atoms. The smallest absolute Gasteiger partial charge is 0.350 e. The van der Waals surface area contributed by atoms with Crippen LogP contribution in [0.1, 0.15) is 65.6 Å². The SMILES string of the molecule is C=CCOC(=O)c1sc(N2C(=O)C(=O)/C(=C(/O)c3ccc(OCC)cc3)C2c2cccc(OCCCCC)c2)nc1C. The number of Topliss-reactive ketones (excluding diaryl/α,β-unsaturated/α-hetero) is 1. The second-order valence-electron chi connectivity index (χ2n) is 9.55. The first-order chi connectivity index (χ1) is 20.3. The first-order valence-corrected chi connectivity index (χ1v) is 14.6. The number of aromatic nitrogens is 1. The summed E-state index contributed by atoms with van der Waals surface area (Å²) in [5.74, 6) is -1.52. The molecule has 1 aliphatic rings. The minimum absolute atomic E-state index is 0.0170. The molecule has 1 amide bonds. The molecule has 0 saturated carbocycles. The van der Waals surface area contributed by atoms with Gasteiger partial charge in [-0.2, -0.15) is 0 Å². The van der Waals surface area contributed by atoms with Crippen LogP contribution in [0, 0.1) is 6.92 Å². The molecule has 2 aromatic carbocycles. The van der Waals surface area contributed by atoms with Crippen LogP contribution in [0.4, 0.5) is 5.13 Å². The predicted molar refractivity (Wildman–Crippen MR) is 161 cm³/mol. The van der Waals surface area contributed by atoms with E-state index in [4.69, 9.17) is 14.2 Å². The number of aliphatic hydroxyl groups is 1. The van der Waals surface area contributed by atoms with E-state index in [2.05, 4.69) is 18.5 Å². The Balaban J connectivity index is 1.82. The number of rotatable bonds is 13. The Labute approximate surface area is 249 Å². The zero-order valence-electron chi connectivity index (χ0n) is 23.9. The summed E-state index contributed by atoms with van der Waals surface area (Å²) < 4.78 is 16.6. The normalized spacial score (nSPS) is 16.0. The molecule has 0 bridgehead atoms. The maximum atomic E-state index is 13.6. The van der Waals surface area contributed by atoms with Gasteiger partial charge in [0.15, 0.2) is 5.13 Å². The maximum Gasteiger partial charge on any atom is 0.350 e. The van der Waals surface area contributed by atoms with Crippen molar-refractivity contribution in [3.63, 3.8) is 0 Å². The van der Waals surface area contributed by atoms with Crippen molar-refractivity contribution < 1.29 is 33.7 Å². The lowest BCUT2D eigenvalue weighted by Gasteiger charge is -2.23. The van der Waals surface area contributed by atoms with Crippen molar-refractivity contribution in [2.75, 3.05) is 24.7 Å². The molecule has 1 aromatic heterocycles. The quantitative estimate of drug-likeness (QED) is 0.0608. The number of aryl methyl sites for hydroxylation is 1. The molecule has 10 heteroatoms. The molecular weight excluding hydrogens is 556 g/mol. The molecule has 3 aromatic rings. The third kappa shape index (κ3) is 6.54. The lowest BCUT2D eigenvalue weighted by atomic mass is 9.95. The van der Waals surface area contributed by atoms with Gasteiger partial charge in [-0.3, -0.25) is 14.5 Å². The van der Waals surface area contributed by atoms with Crippen LogP contribution in [-0.4, -0.2) is 47.6 Å². The molecule has 1 N–H and O–H groups in total. The third-order valence-corrected chi connectivity index (χ3v) is 7.72. The van der Waals surface area contributed by atoms with Gasteiger partial charge in [-0.1, -0.05) is 55.9 Å². The molecule has 2 heterocycles. The highest BCUT2D eigenvalue weighted by Gasteiger charge is 2.48. The Bertz CT molecular complexity index is 1490. The van der Waals surface area contributed by atoms with Gasteiger partial charge in [-0.15, -0.1) is 0 Å². The standard InChI is InChI=1S/C32H34N2O7S/c1-5-8-9-18-40-24-12-10-11-22(19-24)26-25(27(35)21-13-15-23(16-14-21)39-7-3)28(36)30(37)34(26)32-33-20(4)29(42-32)31(38)41-17-6-2/h6,10-16,19,26,35H,2,5,7-9,17-18H2,1,3-4H3/b27-25+. The van der Waals surface area contributed by atoms with E-state index in [1.807, 2.05) is 6.92 Å². The monoisotopic (exact) mass is 590 g/mol. The van der Waals surface area contributed by atoms with Crippen LogP contribution in [0.25, 0.3) is 5.76 Å². The van der Waals surface area contributed by atoms with Crippen molar-refractivity contribution in [2.45, 2.75) is 46.1 Å². The lowest BCUT2D eigenvalue weighted by Crippen LogP contribution is -2.29. The molecule has 1 saturated heterocycles. The van der Waals surface area contributed by atoms with Gasteiger partial charge in [-0.25, -0.2) is 9.78 Å². The number of ether oxygens (including phenoxy) is 3. The van der Waals surface area contributed by atoms with Crippen LogP contribution in [0.15, 0.2) is 66.8 Å². The molecule has 1 fully saturated rings. The zero-order valence-corrected chi connectivity index (χ0v) is 24.7. The van der Waals surface area contributed by atoms with Crippen LogP contribution in [0.5, 0.6) is 11.5 Å². The Hall–Kier alpha value is -4.44. The molecule has 1 atom stereocenters. The minimum atomic E-state index is -1.03. The number of thiazole rings is 1. The number of hydrogen-bond donors (Lipinski definition) is 1. The van der Waals surface area contributed by atoms with Crippen molar-refractivity contribution in [3.8, 4) is 11.5 Å². The Morgan fingerprint density at radius 1 is 1.10 bits per heavy atom. The third-order valence-electron chi connectivity index (χ3n) is 6.58. The summed E-state index contributed by atoms with van der Waals surface area (Å²) in [7, 11) is 0. The summed E-state index contributed by atoms with van der Waals surface area (Å²) in [5.41, 5.74) is 1.14. The molecule has 1 aliphatic heterocycles. The van der Waals surface area contributed by atoms with Crippen molar-refractivity contribution in [3.05, 3.63) is 88.5 Å². The topological polar surface area (TPSA) is 115 Å². The van der Waals surface area contributed by atoms with Gasteiger partial charge in [-0.05, 0) is 62.2 Å². The van der Waals surface area contributed by atoms with Gasteiger partial charge >= 0.3 is 11.9 Å². The van der Waals surface area contributed by atoms with Gasteiger partial charge in [0.2, 0.25) is 0 Å². The number of aliphatic hydroxyl groups excluding tert-OH is 1. The second-order valence-corrected chi connectivity index (χ2v) is 10.5. The van der Waals surface area contributed by atoms with E-state index in [1.165, 1.54) is 11.0 Å². The number of hydrogen-bond acceptors (Lipinski definition) is 9. The molecule has 0 aliphatic carbocycles. The average Bonchev–Trinajstić information content (AvgIpc) is 3.50. The Kier molecular flexibility index (Phi) is 10.1. The number of carbonyl (C=O) groups is 3. The predicted octanol–water partition coefficient (Wildman–Crippen LogP) is 6.39. The highest BCUT2D eigenvalue weighted by atomic mass is 32.1. The summed E-state index contributed by atoms with van der Waals surface area (Å²) in [6.45, 7) is 10.2. The highest BCUT2D eigenvalue weighted by molar-refractivity contribution is 7.17. The van der Waals surface area contributed by atoms with Gasteiger partial charge in [0.25, 0.3) is 5.78 Å². The summed E-state index contributed by atoms with van der Waals surface area (Å²) in [6.07, 6.45) is 4.43. The van der Waals surface area contributed by atoms with Crippen molar-refractivity contribution in [2.24, 2.45) is 0 Å². The maximum absolute atomic E-state index is 13.6. The van der Waals surface area contributed by atoms with Gasteiger partial charge in [0, 0.05) is 5.56 Å². The largest absolute Gasteiger partial charge is 0.507 e. The Morgan fingerprint density at radius 3 is 2.55 bits per heavy atom. The fourth-order valence-corrected chi connectivity index (χ4v) is 5.56. The van der Waals surface area contributed by atoms with Crippen LogP contribution in [0.3, 0.4) is 0 Å². The van der Waals surface area contributed by atoms with Crippen LogP contribution >= 0.6 is 11.3 Å². The number of esters is 1. The number of carbonyl (C=O) groups excluding carboxylic acids is 3. The highest BCUT2D eigenvalue weighted by Crippen LogP contribution is 2.44. The molecule has 42 heavy (non-hydrogen) atoms. The molecule has 0 radical (unpaired) electrons. The van der Waals surface area contributed by atoms with Crippen LogP contribution < -0.4 is 14.4 Å². The van der Waals surface area contributed by atoms with Crippen molar-refractivity contribution in [1.29, 1.82) is 0 Å². The van der Waals surface area contributed by atoms with E-state index in [-0.39, 0.29) is 27.9 Å². The van der Waals surface area contributed by atoms with Gasteiger partial charge < -0.3 is 19.3 Å². The first kappa shape index (κ1) is 30.5. The molecule has 1 unspecified atom stereocenters. The van der Waals surface area contributed by atoms with E-state index < -0.39 is 23.7 Å². The number of anilines is 1. The summed E-state index contributed by atoms with van der Waals surface area (Å²) in [5, 5.41) is 11.6. The van der Waals surface area contributed by atoms with E-state index in [9.17, 15) is 19.5 Å². The van der Waals surface area contributed by atoms with Gasteiger partial charge in [0.1, 0.15) is 28.7 Å². The molecule has 220 valence electrons. The van der Waals surface area contributed by atoms with Crippen LogP contribution in [-0.2, 0) is 14.3 Å². The van der Waals surface area contributed by atoms with E-state index in [1.54, 1.807) is 55.5 Å². The lowest BCUT2D eigenvalue weighted by molar-refractivity contribution is -0.132. The van der Waals surface area contributed by atoms with E-state index in [0.717, 1.165) is 30.6 Å². The summed E-state index contributed by atoms with van der Waals surface area (Å²) in [4.78, 5) is 45.7. The molecular formula is C32H34N2O7S.